The Balaban J connectivity index is 1.85. The van der Waals surface area contributed by atoms with E-state index in [2.05, 4.69) is 15.0 Å². The Morgan fingerprint density at radius 2 is 2.05 bits per heavy atom. The lowest BCUT2D eigenvalue weighted by Crippen LogP contribution is -2.12. The molecule has 5 nitrogen and oxygen atoms in total. The molecular weight excluding hydrogens is 288 g/mol. The molecule has 0 aliphatic heterocycles. The molecule has 6 heteroatoms. The van der Waals surface area contributed by atoms with E-state index in [0.29, 0.717) is 18.8 Å². The first-order valence-corrected chi connectivity index (χ1v) is 7.37. The normalized spacial score (nSPS) is 10.4. The molecule has 112 valence electrons. The van der Waals surface area contributed by atoms with Crippen LogP contribution in [0.15, 0.2) is 30.5 Å². The zero-order valence-electron chi connectivity index (χ0n) is 12.1. The van der Waals surface area contributed by atoms with E-state index in [1.54, 1.807) is 24.6 Å². The maximum atomic E-state index is 11.2. The molecule has 2 rings (SSSR count). The minimum atomic E-state index is -0.212. The number of nitrogens with one attached hydrogen (secondary N) is 1. The van der Waals surface area contributed by atoms with Crippen molar-refractivity contribution < 1.29 is 14.3 Å². The van der Waals surface area contributed by atoms with Crippen LogP contribution in [0.2, 0.25) is 0 Å². The van der Waals surface area contributed by atoms with Crippen molar-refractivity contribution >= 4 is 17.3 Å². The summed E-state index contributed by atoms with van der Waals surface area (Å²) >= 11 is 1.61. The molecule has 0 fully saturated rings. The predicted molar refractivity (Wildman–Crippen MR) is 81.4 cm³/mol. The fraction of sp³-hybridized carbons (Fsp3) is 0.333. The molecule has 21 heavy (non-hydrogen) atoms. The molecule has 0 saturated heterocycles. The smallest absolute Gasteiger partial charge is 0.310 e. The summed E-state index contributed by atoms with van der Waals surface area (Å²) in [6.07, 6.45) is 2.04. The summed E-state index contributed by atoms with van der Waals surface area (Å²) in [6, 6.07) is 7.86. The number of carbonyl (C=O) groups excluding carboxylic acids is 1. The van der Waals surface area contributed by atoms with E-state index in [4.69, 9.17) is 4.74 Å². The molecule has 0 aromatic carbocycles. The zero-order valence-corrected chi connectivity index (χ0v) is 12.9. The fourth-order valence-corrected chi connectivity index (χ4v) is 2.86. The third kappa shape index (κ3) is 4.54. The van der Waals surface area contributed by atoms with E-state index >= 15 is 0 Å². The highest BCUT2D eigenvalue weighted by Crippen LogP contribution is 2.18. The highest BCUT2D eigenvalue weighted by Gasteiger charge is 2.07. The lowest BCUT2D eigenvalue weighted by atomic mass is 10.2. The summed E-state index contributed by atoms with van der Waals surface area (Å²) in [4.78, 5) is 17.6. The van der Waals surface area contributed by atoms with Gasteiger partial charge >= 0.3 is 5.97 Å². The van der Waals surface area contributed by atoms with Gasteiger partial charge in [-0.3, -0.25) is 4.79 Å². The van der Waals surface area contributed by atoms with Gasteiger partial charge in [-0.15, -0.1) is 11.3 Å². The molecule has 2 aromatic rings. The van der Waals surface area contributed by atoms with Crippen LogP contribution in [0, 0.1) is 0 Å². The first kappa shape index (κ1) is 15.5. The minimum Gasteiger partial charge on any atom is -0.481 e. The van der Waals surface area contributed by atoms with Crippen molar-refractivity contribution in [2.24, 2.45) is 0 Å². The number of esters is 1. The second-order valence-corrected chi connectivity index (χ2v) is 5.65. The van der Waals surface area contributed by atoms with Gasteiger partial charge in [0.25, 0.3) is 0 Å². The largest absolute Gasteiger partial charge is 0.481 e. The summed E-state index contributed by atoms with van der Waals surface area (Å²) in [5, 5.41) is 3.35. The van der Waals surface area contributed by atoms with Crippen LogP contribution in [0.4, 0.5) is 0 Å². The molecule has 2 heterocycles. The molecular formula is C15H18N2O3S. The molecule has 0 spiro atoms. The Morgan fingerprint density at radius 1 is 1.24 bits per heavy atom. The molecule has 1 N–H and O–H groups in total. The van der Waals surface area contributed by atoms with Crippen LogP contribution in [0.25, 0.3) is 0 Å². The van der Waals surface area contributed by atoms with E-state index in [0.717, 1.165) is 17.0 Å². The van der Waals surface area contributed by atoms with Crippen molar-refractivity contribution in [2.45, 2.75) is 19.5 Å². The second kappa shape index (κ2) is 7.75. The van der Waals surface area contributed by atoms with Gasteiger partial charge in [0.2, 0.25) is 5.88 Å². The van der Waals surface area contributed by atoms with Gasteiger partial charge in [-0.25, -0.2) is 4.98 Å². The number of methoxy groups -OCH3 is 2. The first-order valence-electron chi connectivity index (χ1n) is 6.56. The lowest BCUT2D eigenvalue weighted by Gasteiger charge is -2.07. The van der Waals surface area contributed by atoms with Crippen LogP contribution in [0.1, 0.15) is 15.3 Å². The van der Waals surface area contributed by atoms with Crippen molar-refractivity contribution in [3.63, 3.8) is 0 Å². The molecule has 0 aliphatic carbocycles. The molecule has 0 unspecified atom stereocenters. The van der Waals surface area contributed by atoms with Gasteiger partial charge in [0, 0.05) is 34.6 Å². The van der Waals surface area contributed by atoms with Gasteiger partial charge in [0.15, 0.2) is 0 Å². The first-order chi connectivity index (χ1) is 10.2. The van der Waals surface area contributed by atoms with E-state index in [9.17, 15) is 4.79 Å². The quantitative estimate of drug-likeness (QED) is 0.794. The molecule has 0 amide bonds. The summed E-state index contributed by atoms with van der Waals surface area (Å²) in [5.74, 6) is 0.430. The number of hydrogen-bond donors (Lipinski definition) is 1. The third-order valence-electron chi connectivity index (χ3n) is 2.92. The monoisotopic (exact) mass is 306 g/mol. The number of ether oxygens (including phenoxy) is 2. The summed E-state index contributed by atoms with van der Waals surface area (Å²) in [7, 11) is 3.02. The molecule has 0 bridgehead atoms. The standard InChI is InChI=1S/C15H18N2O3S/c1-19-14(18)8-12-5-6-13(21-12)10-16-9-11-4-3-7-17-15(11)20-2/h3-7,16H,8-10H2,1-2H3. The van der Waals surface area contributed by atoms with Gasteiger partial charge < -0.3 is 14.8 Å². The Bertz CT molecular complexity index is 598. The molecule has 0 saturated carbocycles. The maximum Gasteiger partial charge on any atom is 0.310 e. The Hall–Kier alpha value is -1.92. The number of aromatic nitrogens is 1. The van der Waals surface area contributed by atoms with Crippen molar-refractivity contribution in [3.8, 4) is 5.88 Å². The molecule has 0 radical (unpaired) electrons. The third-order valence-corrected chi connectivity index (χ3v) is 4.01. The van der Waals surface area contributed by atoms with Crippen LogP contribution in [0.3, 0.4) is 0 Å². The van der Waals surface area contributed by atoms with Crippen LogP contribution in [0.5, 0.6) is 5.88 Å². The Morgan fingerprint density at radius 3 is 2.81 bits per heavy atom. The highest BCUT2D eigenvalue weighted by molar-refractivity contribution is 7.12. The van der Waals surface area contributed by atoms with Crippen molar-refractivity contribution in [2.75, 3.05) is 14.2 Å². The van der Waals surface area contributed by atoms with Crippen molar-refractivity contribution in [1.82, 2.24) is 10.3 Å². The number of hydrogen-bond acceptors (Lipinski definition) is 6. The zero-order chi connectivity index (χ0) is 15.1. The average Bonchev–Trinajstić information content (AvgIpc) is 2.95. The lowest BCUT2D eigenvalue weighted by molar-refractivity contribution is -0.139. The Labute approximate surface area is 127 Å². The van der Waals surface area contributed by atoms with Crippen LogP contribution in [-0.4, -0.2) is 25.2 Å². The van der Waals surface area contributed by atoms with Gasteiger partial charge in [-0.1, -0.05) is 6.07 Å². The minimum absolute atomic E-state index is 0.212. The fourth-order valence-electron chi connectivity index (χ4n) is 1.89. The van der Waals surface area contributed by atoms with Crippen LogP contribution in [-0.2, 0) is 29.0 Å². The van der Waals surface area contributed by atoms with Gasteiger partial charge in [-0.2, -0.15) is 0 Å². The van der Waals surface area contributed by atoms with Gasteiger partial charge in [0.05, 0.1) is 20.6 Å². The second-order valence-electron chi connectivity index (χ2n) is 4.40. The van der Waals surface area contributed by atoms with Crippen LogP contribution < -0.4 is 10.1 Å². The van der Waals surface area contributed by atoms with Gasteiger partial charge in [0.1, 0.15) is 0 Å². The summed E-state index contributed by atoms with van der Waals surface area (Å²) in [5.41, 5.74) is 1.02. The highest BCUT2D eigenvalue weighted by atomic mass is 32.1. The maximum absolute atomic E-state index is 11.2. The van der Waals surface area contributed by atoms with E-state index in [1.165, 1.54) is 12.0 Å². The van der Waals surface area contributed by atoms with E-state index in [1.807, 2.05) is 24.3 Å². The molecule has 0 aliphatic rings. The van der Waals surface area contributed by atoms with Crippen LogP contribution >= 0.6 is 11.3 Å². The summed E-state index contributed by atoms with van der Waals surface area (Å²) < 4.78 is 9.87. The van der Waals surface area contributed by atoms with E-state index < -0.39 is 0 Å². The number of thiophene rings is 1. The molecule has 0 atom stereocenters. The topological polar surface area (TPSA) is 60.5 Å². The SMILES string of the molecule is COC(=O)Cc1ccc(CNCc2cccnc2OC)s1. The van der Waals surface area contributed by atoms with Crippen molar-refractivity contribution in [3.05, 3.63) is 45.8 Å². The number of rotatable bonds is 7. The average molecular weight is 306 g/mol. The molecule has 2 aromatic heterocycles. The number of nitrogens with zero attached hydrogens (tertiary/aromatic N) is 1. The Kier molecular flexibility index (Phi) is 5.71. The number of carbonyl (C=O) groups is 1. The number of pyridine rings is 1. The predicted octanol–water partition coefficient (Wildman–Crippen LogP) is 2.16. The van der Waals surface area contributed by atoms with E-state index in [-0.39, 0.29) is 5.97 Å². The summed E-state index contributed by atoms with van der Waals surface area (Å²) in [6.45, 7) is 1.42. The van der Waals surface area contributed by atoms with Crippen molar-refractivity contribution in [1.29, 1.82) is 0 Å². The van der Waals surface area contributed by atoms with Gasteiger partial charge in [-0.05, 0) is 18.2 Å².